The van der Waals surface area contributed by atoms with Crippen LogP contribution < -0.4 is 5.32 Å². The fourth-order valence-electron chi connectivity index (χ4n) is 2.04. The minimum absolute atomic E-state index is 0.0958. The molecular formula is C17H18FNO. The van der Waals surface area contributed by atoms with Gasteiger partial charge in [0, 0.05) is 12.1 Å². The fraction of sp³-hybridized carbons (Fsp3) is 0.235. The van der Waals surface area contributed by atoms with E-state index in [2.05, 4.69) is 12.2 Å². The Kier molecular flexibility index (Phi) is 4.88. The van der Waals surface area contributed by atoms with Gasteiger partial charge in [0.05, 0.1) is 0 Å². The van der Waals surface area contributed by atoms with Crippen LogP contribution in [0.3, 0.4) is 0 Å². The van der Waals surface area contributed by atoms with E-state index in [1.807, 2.05) is 24.3 Å². The lowest BCUT2D eigenvalue weighted by Crippen LogP contribution is -2.12. The van der Waals surface area contributed by atoms with E-state index in [1.54, 1.807) is 18.2 Å². The molecule has 2 aromatic carbocycles. The molecule has 0 aliphatic rings. The van der Waals surface area contributed by atoms with E-state index in [0.29, 0.717) is 12.0 Å². The van der Waals surface area contributed by atoms with Gasteiger partial charge < -0.3 is 5.32 Å². The second-order valence-electron chi connectivity index (χ2n) is 4.69. The van der Waals surface area contributed by atoms with E-state index in [0.717, 1.165) is 12.1 Å². The number of benzene rings is 2. The first kappa shape index (κ1) is 14.3. The Bertz CT molecular complexity index is 595. The fourth-order valence-corrected chi connectivity index (χ4v) is 2.04. The molecule has 0 saturated carbocycles. The lowest BCUT2D eigenvalue weighted by atomic mass is 10.1. The monoisotopic (exact) mass is 271 g/mol. The Morgan fingerprint density at radius 2 is 1.95 bits per heavy atom. The number of carbonyl (C=O) groups is 1. The van der Waals surface area contributed by atoms with Crippen molar-refractivity contribution in [3.05, 3.63) is 65.5 Å². The molecule has 2 nitrogen and oxygen atoms in total. The van der Waals surface area contributed by atoms with Crippen molar-refractivity contribution in [2.75, 3.05) is 5.32 Å². The van der Waals surface area contributed by atoms with Crippen molar-refractivity contribution >= 4 is 11.6 Å². The standard InChI is InChI=1S/C17H18FNO/c1-2-13-6-5-8-15(12-13)19-17(20)11-10-14-7-3-4-9-16(14)18/h3-9,12H,2,10-11H2,1H3,(H,19,20). The summed E-state index contributed by atoms with van der Waals surface area (Å²) in [6.07, 6.45) is 1.61. The summed E-state index contributed by atoms with van der Waals surface area (Å²) in [6.45, 7) is 2.07. The average molecular weight is 271 g/mol. The molecule has 1 N–H and O–H groups in total. The SMILES string of the molecule is CCc1cccc(NC(=O)CCc2ccccc2F)c1. The van der Waals surface area contributed by atoms with Crippen molar-refractivity contribution in [1.82, 2.24) is 0 Å². The summed E-state index contributed by atoms with van der Waals surface area (Å²) in [5.74, 6) is -0.352. The number of carbonyl (C=O) groups excluding carboxylic acids is 1. The molecule has 0 heterocycles. The average Bonchev–Trinajstić information content (AvgIpc) is 2.46. The molecule has 0 aliphatic carbocycles. The van der Waals surface area contributed by atoms with Crippen LogP contribution in [0.4, 0.5) is 10.1 Å². The molecule has 1 amide bonds. The van der Waals surface area contributed by atoms with Gasteiger partial charge in [0.1, 0.15) is 5.82 Å². The molecule has 2 aromatic rings. The highest BCUT2D eigenvalue weighted by Crippen LogP contribution is 2.13. The lowest BCUT2D eigenvalue weighted by molar-refractivity contribution is -0.116. The van der Waals surface area contributed by atoms with Crippen molar-refractivity contribution in [2.24, 2.45) is 0 Å². The maximum Gasteiger partial charge on any atom is 0.224 e. The van der Waals surface area contributed by atoms with Gasteiger partial charge in [0.15, 0.2) is 0 Å². The van der Waals surface area contributed by atoms with Crippen molar-refractivity contribution < 1.29 is 9.18 Å². The normalized spacial score (nSPS) is 10.3. The summed E-state index contributed by atoms with van der Waals surface area (Å²) in [5, 5.41) is 2.84. The van der Waals surface area contributed by atoms with E-state index in [9.17, 15) is 9.18 Å². The third-order valence-corrected chi connectivity index (χ3v) is 3.20. The Morgan fingerprint density at radius 1 is 1.15 bits per heavy atom. The third kappa shape index (κ3) is 3.92. The molecule has 3 heteroatoms. The molecule has 0 spiro atoms. The zero-order chi connectivity index (χ0) is 14.4. The van der Waals surface area contributed by atoms with Crippen molar-refractivity contribution in [3.8, 4) is 0 Å². The van der Waals surface area contributed by atoms with Crippen molar-refractivity contribution in [3.63, 3.8) is 0 Å². The lowest BCUT2D eigenvalue weighted by Gasteiger charge is -2.07. The predicted molar refractivity (Wildman–Crippen MR) is 79.2 cm³/mol. The second-order valence-corrected chi connectivity index (χ2v) is 4.69. The molecule has 2 rings (SSSR count). The largest absolute Gasteiger partial charge is 0.326 e. The second kappa shape index (κ2) is 6.85. The number of amides is 1. The molecule has 0 saturated heterocycles. The summed E-state index contributed by atoms with van der Waals surface area (Å²) in [6, 6.07) is 14.3. The molecule has 0 bridgehead atoms. The van der Waals surface area contributed by atoms with Gasteiger partial charge in [-0.2, -0.15) is 0 Å². The number of rotatable bonds is 5. The Labute approximate surface area is 118 Å². The van der Waals surface area contributed by atoms with Crippen LogP contribution in [-0.4, -0.2) is 5.91 Å². The molecular weight excluding hydrogens is 253 g/mol. The molecule has 20 heavy (non-hydrogen) atoms. The highest BCUT2D eigenvalue weighted by Gasteiger charge is 2.06. The van der Waals surface area contributed by atoms with Gasteiger partial charge >= 0.3 is 0 Å². The molecule has 0 unspecified atom stereocenters. The minimum Gasteiger partial charge on any atom is -0.326 e. The maximum atomic E-state index is 13.4. The van der Waals surface area contributed by atoms with Crippen LogP contribution in [-0.2, 0) is 17.6 Å². The summed E-state index contributed by atoms with van der Waals surface area (Å²) in [5.41, 5.74) is 2.55. The van der Waals surface area contributed by atoms with Gasteiger partial charge in [0.25, 0.3) is 0 Å². The Hall–Kier alpha value is -2.16. The number of nitrogens with one attached hydrogen (secondary N) is 1. The van der Waals surface area contributed by atoms with Crippen LogP contribution in [0.1, 0.15) is 24.5 Å². The third-order valence-electron chi connectivity index (χ3n) is 3.20. The molecule has 0 radical (unpaired) electrons. The zero-order valence-corrected chi connectivity index (χ0v) is 11.5. The van der Waals surface area contributed by atoms with Crippen LogP contribution >= 0.6 is 0 Å². The van der Waals surface area contributed by atoms with E-state index in [4.69, 9.17) is 0 Å². The summed E-state index contributed by atoms with van der Waals surface area (Å²) >= 11 is 0. The number of hydrogen-bond acceptors (Lipinski definition) is 1. The van der Waals surface area contributed by atoms with E-state index in [-0.39, 0.29) is 18.1 Å². The van der Waals surface area contributed by atoms with Gasteiger partial charge in [-0.1, -0.05) is 37.3 Å². The first-order chi connectivity index (χ1) is 9.69. The highest BCUT2D eigenvalue weighted by molar-refractivity contribution is 5.90. The van der Waals surface area contributed by atoms with E-state index >= 15 is 0 Å². The Balaban J connectivity index is 1.91. The van der Waals surface area contributed by atoms with Gasteiger partial charge in [-0.05, 0) is 42.2 Å². The van der Waals surface area contributed by atoms with Gasteiger partial charge in [-0.25, -0.2) is 4.39 Å². The van der Waals surface area contributed by atoms with Gasteiger partial charge in [-0.3, -0.25) is 4.79 Å². The summed E-state index contributed by atoms with van der Waals surface area (Å²) < 4.78 is 13.4. The van der Waals surface area contributed by atoms with Gasteiger partial charge in [0.2, 0.25) is 5.91 Å². The number of halogens is 1. The Morgan fingerprint density at radius 3 is 2.70 bits per heavy atom. The molecule has 0 atom stereocenters. The molecule has 0 fully saturated rings. The number of aryl methyl sites for hydroxylation is 2. The van der Waals surface area contributed by atoms with Gasteiger partial charge in [-0.15, -0.1) is 0 Å². The van der Waals surface area contributed by atoms with Crippen LogP contribution in [0.25, 0.3) is 0 Å². The van der Waals surface area contributed by atoms with Crippen molar-refractivity contribution in [1.29, 1.82) is 0 Å². The smallest absolute Gasteiger partial charge is 0.224 e. The van der Waals surface area contributed by atoms with Crippen LogP contribution in [0.15, 0.2) is 48.5 Å². The molecule has 104 valence electrons. The minimum atomic E-state index is -0.256. The first-order valence-electron chi connectivity index (χ1n) is 6.81. The van der Waals surface area contributed by atoms with E-state index in [1.165, 1.54) is 11.6 Å². The number of hydrogen-bond donors (Lipinski definition) is 1. The van der Waals surface area contributed by atoms with Crippen LogP contribution in [0.2, 0.25) is 0 Å². The molecule has 0 aromatic heterocycles. The summed E-state index contributed by atoms with van der Waals surface area (Å²) in [7, 11) is 0. The van der Waals surface area contributed by atoms with E-state index < -0.39 is 0 Å². The molecule has 0 aliphatic heterocycles. The topological polar surface area (TPSA) is 29.1 Å². The summed E-state index contributed by atoms with van der Waals surface area (Å²) in [4.78, 5) is 11.9. The highest BCUT2D eigenvalue weighted by atomic mass is 19.1. The predicted octanol–water partition coefficient (Wildman–Crippen LogP) is 3.96. The first-order valence-corrected chi connectivity index (χ1v) is 6.81. The maximum absolute atomic E-state index is 13.4. The number of anilines is 1. The quantitative estimate of drug-likeness (QED) is 0.876. The van der Waals surface area contributed by atoms with Crippen LogP contribution in [0, 0.1) is 5.82 Å². The zero-order valence-electron chi connectivity index (χ0n) is 11.5. The van der Waals surface area contributed by atoms with Crippen molar-refractivity contribution in [2.45, 2.75) is 26.2 Å². The van der Waals surface area contributed by atoms with Crippen LogP contribution in [0.5, 0.6) is 0 Å².